The smallest absolute Gasteiger partial charge is 0.306 e. The Hall–Kier alpha value is -3.41. The second-order valence-corrected chi connectivity index (χ2v) is 17.2. The molecule has 63 heavy (non-hydrogen) atoms. The van der Waals surface area contributed by atoms with Crippen molar-refractivity contribution in [2.24, 2.45) is 0 Å². The molecule has 0 aromatic heterocycles. The highest BCUT2D eigenvalue weighted by Crippen LogP contribution is 2.14. The van der Waals surface area contributed by atoms with Crippen molar-refractivity contribution in [3.05, 3.63) is 85.1 Å². The molecule has 0 aliphatic carbocycles. The van der Waals surface area contributed by atoms with Crippen LogP contribution in [0.2, 0.25) is 0 Å². The monoisotopic (exact) mass is 877 g/mol. The first-order valence-corrected chi connectivity index (χ1v) is 26.2. The number of hydrogen-bond donors (Lipinski definition) is 0. The highest BCUT2D eigenvalue weighted by Gasteiger charge is 2.19. The quantitative estimate of drug-likeness (QED) is 0.0199. The van der Waals surface area contributed by atoms with Crippen LogP contribution in [-0.2, 0) is 28.6 Å². The van der Waals surface area contributed by atoms with Crippen molar-refractivity contribution >= 4 is 17.9 Å². The van der Waals surface area contributed by atoms with Gasteiger partial charge in [0.2, 0.25) is 0 Å². The van der Waals surface area contributed by atoms with Gasteiger partial charge in [-0.1, -0.05) is 221 Å². The van der Waals surface area contributed by atoms with Gasteiger partial charge in [0.1, 0.15) is 13.2 Å². The maximum absolute atomic E-state index is 12.8. The van der Waals surface area contributed by atoms with Gasteiger partial charge in [-0.2, -0.15) is 0 Å². The fourth-order valence-electron chi connectivity index (χ4n) is 7.05. The molecule has 0 aliphatic rings. The van der Waals surface area contributed by atoms with Gasteiger partial charge in [-0.05, 0) is 83.5 Å². The predicted octanol–water partition coefficient (Wildman–Crippen LogP) is 17.2. The normalized spacial score (nSPS) is 12.7. The maximum Gasteiger partial charge on any atom is 0.306 e. The zero-order valence-corrected chi connectivity index (χ0v) is 41.1. The third-order valence-electron chi connectivity index (χ3n) is 11.0. The lowest BCUT2D eigenvalue weighted by Gasteiger charge is -2.18. The van der Waals surface area contributed by atoms with Crippen LogP contribution in [0.25, 0.3) is 0 Å². The van der Waals surface area contributed by atoms with Gasteiger partial charge in [-0.25, -0.2) is 0 Å². The third-order valence-corrected chi connectivity index (χ3v) is 11.0. The molecule has 0 bridgehead atoms. The topological polar surface area (TPSA) is 78.9 Å². The van der Waals surface area contributed by atoms with E-state index in [0.29, 0.717) is 19.3 Å². The zero-order valence-electron chi connectivity index (χ0n) is 41.1. The second-order valence-electron chi connectivity index (χ2n) is 17.2. The zero-order chi connectivity index (χ0) is 45.8. The fraction of sp³-hybridized carbons (Fsp3) is 0.702. The van der Waals surface area contributed by atoms with Crippen LogP contribution in [0.4, 0.5) is 0 Å². The average Bonchev–Trinajstić information content (AvgIpc) is 3.28. The predicted molar refractivity (Wildman–Crippen MR) is 270 cm³/mol. The molecular formula is C57H96O6. The van der Waals surface area contributed by atoms with E-state index >= 15 is 0 Å². The Labute approximate surface area is 388 Å². The van der Waals surface area contributed by atoms with Crippen molar-refractivity contribution in [3.63, 3.8) is 0 Å². The van der Waals surface area contributed by atoms with Gasteiger partial charge in [0.05, 0.1) is 0 Å². The Kier molecular flexibility index (Phi) is 48.5. The maximum atomic E-state index is 12.8. The van der Waals surface area contributed by atoms with Crippen LogP contribution in [0.5, 0.6) is 0 Å². The van der Waals surface area contributed by atoms with Crippen LogP contribution in [0.1, 0.15) is 239 Å². The molecule has 0 N–H and O–H groups in total. The van der Waals surface area contributed by atoms with Crippen LogP contribution in [0, 0.1) is 0 Å². The number of allylic oxidation sites excluding steroid dienone is 14. The number of rotatable bonds is 46. The van der Waals surface area contributed by atoms with E-state index in [1.54, 1.807) is 0 Å². The molecular weight excluding hydrogens is 781 g/mol. The van der Waals surface area contributed by atoms with Crippen LogP contribution in [0.3, 0.4) is 0 Å². The molecule has 0 heterocycles. The largest absolute Gasteiger partial charge is 0.462 e. The Balaban J connectivity index is 4.48. The molecule has 1 unspecified atom stereocenters. The van der Waals surface area contributed by atoms with Gasteiger partial charge in [0.25, 0.3) is 0 Å². The molecule has 0 amide bonds. The van der Waals surface area contributed by atoms with Crippen molar-refractivity contribution < 1.29 is 28.6 Å². The molecule has 0 saturated carbocycles. The van der Waals surface area contributed by atoms with Gasteiger partial charge in [-0.3, -0.25) is 14.4 Å². The van der Waals surface area contributed by atoms with E-state index in [4.69, 9.17) is 14.2 Å². The van der Waals surface area contributed by atoms with E-state index < -0.39 is 6.10 Å². The van der Waals surface area contributed by atoms with Crippen LogP contribution in [0.15, 0.2) is 85.1 Å². The summed E-state index contributed by atoms with van der Waals surface area (Å²) < 4.78 is 16.7. The summed E-state index contributed by atoms with van der Waals surface area (Å²) in [4.78, 5) is 37.9. The second kappa shape index (κ2) is 51.2. The lowest BCUT2D eigenvalue weighted by Crippen LogP contribution is -2.30. The SMILES string of the molecule is CC/C=C/C=C/C=C/C=C/C=C/CCCC(=O)OCC(COC(=O)CCCCCCC/C=C/CCCCCCCCCCC)OC(=O)CCCCC/C=C/CCCCCCCCC. The summed E-state index contributed by atoms with van der Waals surface area (Å²) in [6.07, 6.45) is 65.8. The van der Waals surface area contributed by atoms with Gasteiger partial charge in [0, 0.05) is 19.3 Å². The summed E-state index contributed by atoms with van der Waals surface area (Å²) in [5.74, 6) is -1.01. The van der Waals surface area contributed by atoms with Crippen molar-refractivity contribution in [2.45, 2.75) is 245 Å². The Morgan fingerprint density at radius 3 is 1.08 bits per heavy atom. The summed E-state index contributed by atoms with van der Waals surface area (Å²) in [5.41, 5.74) is 0. The summed E-state index contributed by atoms with van der Waals surface area (Å²) >= 11 is 0. The van der Waals surface area contributed by atoms with Crippen LogP contribution in [-0.4, -0.2) is 37.2 Å². The van der Waals surface area contributed by atoms with Crippen molar-refractivity contribution in [3.8, 4) is 0 Å². The number of carbonyl (C=O) groups is 3. The summed E-state index contributed by atoms with van der Waals surface area (Å²) in [5, 5.41) is 0. The number of carbonyl (C=O) groups excluding carboxylic acids is 3. The van der Waals surface area contributed by atoms with E-state index in [-0.39, 0.29) is 37.5 Å². The Bertz CT molecular complexity index is 1240. The first kappa shape index (κ1) is 59.6. The molecule has 0 aliphatic heterocycles. The van der Waals surface area contributed by atoms with Gasteiger partial charge >= 0.3 is 17.9 Å². The lowest BCUT2D eigenvalue weighted by molar-refractivity contribution is -0.167. The van der Waals surface area contributed by atoms with E-state index in [1.165, 1.54) is 116 Å². The van der Waals surface area contributed by atoms with E-state index in [1.807, 2.05) is 54.7 Å². The fourth-order valence-corrected chi connectivity index (χ4v) is 7.05. The average molecular weight is 877 g/mol. The first-order chi connectivity index (χ1) is 31.0. The van der Waals surface area contributed by atoms with E-state index in [2.05, 4.69) is 51.2 Å². The Morgan fingerprint density at radius 1 is 0.333 bits per heavy atom. The van der Waals surface area contributed by atoms with Crippen molar-refractivity contribution in [1.82, 2.24) is 0 Å². The van der Waals surface area contributed by atoms with E-state index in [9.17, 15) is 14.4 Å². The van der Waals surface area contributed by atoms with Crippen LogP contribution >= 0.6 is 0 Å². The molecule has 0 fully saturated rings. The summed E-state index contributed by atoms with van der Waals surface area (Å²) in [6.45, 7) is 6.41. The van der Waals surface area contributed by atoms with E-state index in [0.717, 1.165) is 77.0 Å². The number of esters is 3. The highest BCUT2D eigenvalue weighted by atomic mass is 16.6. The molecule has 0 aromatic rings. The minimum absolute atomic E-state index is 0.110. The molecule has 6 nitrogen and oxygen atoms in total. The molecule has 6 heteroatoms. The molecule has 360 valence electrons. The molecule has 0 aromatic carbocycles. The van der Waals surface area contributed by atoms with Crippen LogP contribution < -0.4 is 0 Å². The first-order valence-electron chi connectivity index (χ1n) is 26.2. The summed E-state index contributed by atoms with van der Waals surface area (Å²) in [7, 11) is 0. The number of ether oxygens (including phenoxy) is 3. The third kappa shape index (κ3) is 49.5. The number of hydrogen-bond acceptors (Lipinski definition) is 6. The molecule has 0 saturated heterocycles. The minimum atomic E-state index is -0.816. The van der Waals surface area contributed by atoms with Gasteiger partial charge in [-0.15, -0.1) is 0 Å². The Morgan fingerprint density at radius 2 is 0.651 bits per heavy atom. The minimum Gasteiger partial charge on any atom is -0.462 e. The standard InChI is InChI=1S/C57H96O6/c1-4-7-10-13-16-19-22-25-27-28-29-30-33-35-38-41-44-47-50-56(59)62-53-54(52-61-55(58)49-46-43-40-37-34-31-24-21-18-15-12-9-6-3)63-57(60)51-48-45-42-39-36-32-26-23-20-17-14-11-8-5-2/h9,12,15,18,21,24,29-32,34,36-37,40,54H,4-8,10-11,13-14,16-17,19-20,22-23,25-28,33,35,38-39,41-53H2,1-3H3/b12-9+,18-15+,24-21+,30-29+,34-31+,36-32+,40-37+. The molecule has 0 spiro atoms. The molecule has 0 radical (unpaired) electrons. The lowest BCUT2D eigenvalue weighted by atomic mass is 10.1. The van der Waals surface area contributed by atoms with Crippen molar-refractivity contribution in [2.75, 3.05) is 13.2 Å². The van der Waals surface area contributed by atoms with Gasteiger partial charge in [0.15, 0.2) is 6.10 Å². The number of unbranched alkanes of at least 4 members (excludes halogenated alkanes) is 25. The van der Waals surface area contributed by atoms with Gasteiger partial charge < -0.3 is 14.2 Å². The van der Waals surface area contributed by atoms with Crippen molar-refractivity contribution in [1.29, 1.82) is 0 Å². The highest BCUT2D eigenvalue weighted by molar-refractivity contribution is 5.71. The summed E-state index contributed by atoms with van der Waals surface area (Å²) in [6, 6.07) is 0. The molecule has 0 rings (SSSR count). The molecule has 1 atom stereocenters.